The minimum atomic E-state index is -1.55. The van der Waals surface area contributed by atoms with Crippen LogP contribution in [-0.2, 0) is 25.6 Å². The molecule has 0 radical (unpaired) electrons. The predicted molar refractivity (Wildman–Crippen MR) is 89.5 cm³/mol. The van der Waals surface area contributed by atoms with Crippen LogP contribution in [0.25, 0.3) is 0 Å². The Kier molecular flexibility index (Phi) is 4.70. The van der Waals surface area contributed by atoms with E-state index in [9.17, 15) is 24.0 Å². The first-order valence-corrected chi connectivity index (χ1v) is 7.66. The van der Waals surface area contributed by atoms with Crippen molar-refractivity contribution < 1.29 is 28.7 Å². The quantitative estimate of drug-likeness (QED) is 0.372. The summed E-state index contributed by atoms with van der Waals surface area (Å²) in [6.45, 7) is -0.0774. The van der Waals surface area contributed by atoms with Crippen molar-refractivity contribution in [1.82, 2.24) is 16.0 Å². The zero-order chi connectivity index (χ0) is 19.6. The van der Waals surface area contributed by atoms with Gasteiger partial charge >= 0.3 is 6.03 Å². The molecule has 27 heavy (non-hydrogen) atoms. The molecule has 1 atom stereocenters. The second-order valence-corrected chi connectivity index (χ2v) is 5.62. The van der Waals surface area contributed by atoms with E-state index in [1.54, 1.807) is 18.2 Å². The van der Waals surface area contributed by atoms with E-state index in [4.69, 9.17) is 10.5 Å². The van der Waals surface area contributed by atoms with Crippen molar-refractivity contribution in [1.29, 1.82) is 0 Å². The number of nitrogens with one attached hydrogen (secondary N) is 4. The van der Waals surface area contributed by atoms with Crippen LogP contribution in [0.15, 0.2) is 23.2 Å². The molecule has 1 unspecified atom stereocenters. The van der Waals surface area contributed by atoms with Crippen molar-refractivity contribution in [2.75, 3.05) is 11.9 Å². The van der Waals surface area contributed by atoms with Crippen LogP contribution in [0.2, 0.25) is 0 Å². The number of primary amides is 1. The molecule has 0 bridgehead atoms. The Morgan fingerprint density at radius 3 is 2.74 bits per heavy atom. The third-order valence-corrected chi connectivity index (χ3v) is 3.56. The molecule has 0 aromatic heterocycles. The van der Waals surface area contributed by atoms with Gasteiger partial charge in [-0.3, -0.25) is 29.8 Å². The maximum atomic E-state index is 12.1. The summed E-state index contributed by atoms with van der Waals surface area (Å²) in [6, 6.07) is 2.21. The second kappa shape index (κ2) is 7.11. The molecule has 6 N–H and O–H groups in total. The topological polar surface area (TPSA) is 181 Å². The van der Waals surface area contributed by atoms with Crippen LogP contribution >= 0.6 is 0 Å². The van der Waals surface area contributed by atoms with E-state index in [1.165, 1.54) is 0 Å². The largest absolute Gasteiger partial charge is 0.482 e. The number of guanidine groups is 1. The zero-order valence-electron chi connectivity index (χ0n) is 13.7. The Morgan fingerprint density at radius 2 is 2.04 bits per heavy atom. The maximum Gasteiger partial charge on any atom is 0.313 e. The summed E-state index contributed by atoms with van der Waals surface area (Å²) in [5.41, 5.74) is 5.87. The van der Waals surface area contributed by atoms with Crippen molar-refractivity contribution in [2.45, 2.75) is 12.5 Å². The molecule has 0 fully saturated rings. The van der Waals surface area contributed by atoms with E-state index in [0.29, 0.717) is 17.0 Å². The fourth-order valence-corrected chi connectivity index (χ4v) is 2.43. The predicted octanol–water partition coefficient (Wildman–Crippen LogP) is -2.27. The molecule has 0 spiro atoms. The number of aliphatic imine (C=N–C) groups is 1. The normalized spacial score (nSPS) is 18.3. The number of fused-ring (bicyclic) bond motifs is 1. The summed E-state index contributed by atoms with van der Waals surface area (Å²) >= 11 is 0. The molecule has 1 aromatic carbocycles. The van der Waals surface area contributed by atoms with E-state index in [2.05, 4.69) is 20.9 Å². The van der Waals surface area contributed by atoms with Crippen LogP contribution in [0.4, 0.5) is 10.5 Å². The third-order valence-electron chi connectivity index (χ3n) is 3.56. The Morgan fingerprint density at radius 1 is 1.26 bits per heavy atom. The average molecular weight is 374 g/mol. The third kappa shape index (κ3) is 4.18. The fourth-order valence-electron chi connectivity index (χ4n) is 2.43. The molecular weight excluding hydrogens is 360 g/mol. The first kappa shape index (κ1) is 17.8. The van der Waals surface area contributed by atoms with Crippen molar-refractivity contribution in [3.05, 3.63) is 23.8 Å². The van der Waals surface area contributed by atoms with Crippen molar-refractivity contribution in [3.63, 3.8) is 0 Å². The minimum Gasteiger partial charge on any atom is -0.482 e. The van der Waals surface area contributed by atoms with Gasteiger partial charge in [0.25, 0.3) is 17.7 Å². The van der Waals surface area contributed by atoms with Crippen LogP contribution in [0.5, 0.6) is 5.75 Å². The molecule has 1 aromatic rings. The maximum absolute atomic E-state index is 12.1. The van der Waals surface area contributed by atoms with E-state index in [1.807, 2.05) is 5.32 Å². The lowest BCUT2D eigenvalue weighted by Gasteiger charge is -2.20. The zero-order valence-corrected chi connectivity index (χ0v) is 13.7. The van der Waals surface area contributed by atoms with E-state index >= 15 is 0 Å². The molecular formula is C15H14N6O6. The molecule has 2 aliphatic rings. The summed E-state index contributed by atoms with van der Waals surface area (Å²) in [5.74, 6) is -2.58. The van der Waals surface area contributed by atoms with Gasteiger partial charge in [-0.25, -0.2) is 4.79 Å². The number of benzene rings is 1. The number of anilines is 1. The number of amides is 6. The van der Waals surface area contributed by atoms with Gasteiger partial charge in [0.15, 0.2) is 12.6 Å². The average Bonchev–Trinajstić information content (AvgIpc) is 2.57. The van der Waals surface area contributed by atoms with Gasteiger partial charge in [-0.2, -0.15) is 4.99 Å². The Hall–Kier alpha value is -3.96. The number of carbonyl (C=O) groups is 5. The van der Waals surface area contributed by atoms with Crippen LogP contribution in [-0.4, -0.2) is 48.3 Å². The number of hydrogen-bond acceptors (Lipinski definition) is 6. The van der Waals surface area contributed by atoms with Gasteiger partial charge < -0.3 is 21.1 Å². The standard InChI is InChI=1S/C15H14N6O6/c16-14(26)19-11-12(24)20-15(21-13(11)25)18-9(22)4-6-1-2-8-7(3-6)17-10(23)5-27-8/h1-3,11H,4-5H2,(H,17,23)(H3,16,19,26)(H2,18,20,21,22,24,25). The smallest absolute Gasteiger partial charge is 0.313 e. The van der Waals surface area contributed by atoms with E-state index in [0.717, 1.165) is 0 Å². The molecule has 2 aliphatic heterocycles. The van der Waals surface area contributed by atoms with Crippen molar-refractivity contribution in [2.24, 2.45) is 10.7 Å². The monoisotopic (exact) mass is 374 g/mol. The minimum absolute atomic E-state index is 0.0774. The van der Waals surface area contributed by atoms with Crippen LogP contribution < -0.4 is 31.7 Å². The lowest BCUT2D eigenvalue weighted by atomic mass is 10.1. The summed E-state index contributed by atoms with van der Waals surface area (Å²) < 4.78 is 5.22. The van der Waals surface area contributed by atoms with Crippen LogP contribution in [0.1, 0.15) is 5.56 Å². The van der Waals surface area contributed by atoms with Crippen LogP contribution in [0.3, 0.4) is 0 Å². The highest BCUT2D eigenvalue weighted by Crippen LogP contribution is 2.28. The number of urea groups is 1. The molecule has 3 rings (SSSR count). The number of ether oxygens (including phenoxy) is 1. The van der Waals surface area contributed by atoms with Gasteiger partial charge in [0.1, 0.15) is 5.75 Å². The molecule has 2 heterocycles. The van der Waals surface area contributed by atoms with Gasteiger partial charge in [-0.05, 0) is 17.7 Å². The fraction of sp³-hybridized carbons (Fsp3) is 0.200. The number of rotatable bonds is 3. The highest BCUT2D eigenvalue weighted by Gasteiger charge is 2.33. The molecule has 12 nitrogen and oxygen atoms in total. The second-order valence-electron chi connectivity index (χ2n) is 5.62. The summed E-state index contributed by atoms with van der Waals surface area (Å²) in [7, 11) is 0. The van der Waals surface area contributed by atoms with Gasteiger partial charge in [-0.1, -0.05) is 6.07 Å². The van der Waals surface area contributed by atoms with E-state index < -0.39 is 29.8 Å². The lowest BCUT2D eigenvalue weighted by molar-refractivity contribution is -0.130. The molecule has 0 saturated carbocycles. The van der Waals surface area contributed by atoms with Gasteiger partial charge in [0.2, 0.25) is 11.9 Å². The lowest BCUT2D eigenvalue weighted by Crippen LogP contribution is -2.60. The van der Waals surface area contributed by atoms with Gasteiger partial charge in [0, 0.05) is 0 Å². The molecule has 12 heteroatoms. The molecule has 140 valence electrons. The first-order valence-electron chi connectivity index (χ1n) is 7.66. The summed E-state index contributed by atoms with van der Waals surface area (Å²) in [4.78, 5) is 61.3. The number of carbonyl (C=O) groups excluding carboxylic acids is 5. The van der Waals surface area contributed by atoms with Crippen molar-refractivity contribution >= 4 is 41.3 Å². The Bertz CT molecular complexity index is 895. The number of hydrogen-bond donors (Lipinski definition) is 5. The Labute approximate surface area is 151 Å². The highest BCUT2D eigenvalue weighted by atomic mass is 16.5. The van der Waals surface area contributed by atoms with Gasteiger partial charge in [-0.15, -0.1) is 0 Å². The molecule has 6 amide bonds. The number of nitrogens with zero attached hydrogens (tertiary/aromatic N) is 1. The summed E-state index contributed by atoms with van der Waals surface area (Å²) in [6.07, 6.45) is -0.116. The number of nitrogens with two attached hydrogens (primary N) is 1. The molecule has 0 saturated heterocycles. The van der Waals surface area contributed by atoms with E-state index in [-0.39, 0.29) is 24.9 Å². The Balaban J connectivity index is 1.64. The SMILES string of the molecule is NC(=O)NC1C(=O)N=C(NC(=O)Cc2ccc3c(c2)NC(=O)CO3)NC1=O. The first-order chi connectivity index (χ1) is 12.8. The summed E-state index contributed by atoms with van der Waals surface area (Å²) in [5, 5.41) is 9.03. The van der Waals surface area contributed by atoms with Crippen LogP contribution in [0, 0.1) is 0 Å². The van der Waals surface area contributed by atoms with Crippen molar-refractivity contribution in [3.8, 4) is 5.75 Å². The highest BCUT2D eigenvalue weighted by molar-refractivity contribution is 6.21. The van der Waals surface area contributed by atoms with Gasteiger partial charge in [0.05, 0.1) is 12.1 Å². The molecule has 0 aliphatic carbocycles.